The van der Waals surface area contributed by atoms with Crippen LogP contribution in [-0.2, 0) is 6.42 Å². The molecule has 2 aromatic rings. The number of nitrogens with zero attached hydrogens (tertiary/aromatic N) is 2. The van der Waals surface area contributed by atoms with Crippen molar-refractivity contribution in [1.82, 2.24) is 9.97 Å². The number of thiophene rings is 1. The molecule has 0 saturated carbocycles. The first-order valence-electron chi connectivity index (χ1n) is 5.32. The molecule has 0 aliphatic heterocycles. The molecule has 0 aliphatic rings. The van der Waals surface area contributed by atoms with E-state index in [1.54, 1.807) is 11.3 Å². The van der Waals surface area contributed by atoms with Gasteiger partial charge in [-0.05, 0) is 39.7 Å². The molecule has 0 aromatic carbocycles. The van der Waals surface area contributed by atoms with Crippen LogP contribution in [0.1, 0.15) is 19.5 Å². The summed E-state index contributed by atoms with van der Waals surface area (Å²) < 4.78 is 0.812. The molecule has 0 aliphatic carbocycles. The number of hydrogen-bond acceptors (Lipinski definition) is 3. The van der Waals surface area contributed by atoms with Crippen LogP contribution in [0.4, 0.5) is 0 Å². The van der Waals surface area contributed by atoms with Gasteiger partial charge in [-0.15, -0.1) is 0 Å². The summed E-state index contributed by atoms with van der Waals surface area (Å²) in [5, 5.41) is 4.52. The van der Waals surface area contributed by atoms with Gasteiger partial charge in [0.05, 0.1) is 10.2 Å². The molecule has 0 fully saturated rings. The molecule has 0 amide bonds. The lowest BCUT2D eigenvalue weighted by molar-refractivity contribution is 0.632. The highest BCUT2D eigenvalue weighted by atomic mass is 79.9. The summed E-state index contributed by atoms with van der Waals surface area (Å²) in [7, 11) is 0. The van der Waals surface area contributed by atoms with Crippen molar-refractivity contribution in [1.29, 1.82) is 0 Å². The Morgan fingerprint density at radius 2 is 2.18 bits per heavy atom. The number of halogens is 2. The summed E-state index contributed by atoms with van der Waals surface area (Å²) in [5.74, 6) is 1.24. The zero-order chi connectivity index (χ0) is 12.4. The van der Waals surface area contributed by atoms with E-state index in [1.807, 2.05) is 16.8 Å². The first-order chi connectivity index (χ1) is 8.08. The standard InChI is InChI=1S/C12H12BrClN2S/c1-7(2)5-9-10(13)11(14)16-12(15-9)8-3-4-17-6-8/h3-4,6-7H,5H2,1-2H3. The quantitative estimate of drug-likeness (QED) is 0.754. The van der Waals surface area contributed by atoms with Crippen molar-refractivity contribution in [2.45, 2.75) is 20.3 Å². The molecule has 0 saturated heterocycles. The summed E-state index contributed by atoms with van der Waals surface area (Å²) in [6.07, 6.45) is 0.889. The monoisotopic (exact) mass is 330 g/mol. The first kappa shape index (κ1) is 13.0. The fraction of sp³-hybridized carbons (Fsp3) is 0.333. The van der Waals surface area contributed by atoms with E-state index in [2.05, 4.69) is 39.7 Å². The van der Waals surface area contributed by atoms with Crippen LogP contribution in [-0.4, -0.2) is 9.97 Å². The molecule has 2 aromatic heterocycles. The van der Waals surface area contributed by atoms with Crippen molar-refractivity contribution in [3.63, 3.8) is 0 Å². The number of rotatable bonds is 3. The lowest BCUT2D eigenvalue weighted by atomic mass is 10.1. The summed E-state index contributed by atoms with van der Waals surface area (Å²) in [6.45, 7) is 4.32. The lowest BCUT2D eigenvalue weighted by Crippen LogP contribution is -2.02. The Bertz CT molecular complexity index is 511. The van der Waals surface area contributed by atoms with Gasteiger partial charge in [0.1, 0.15) is 5.15 Å². The van der Waals surface area contributed by atoms with Gasteiger partial charge in [0.25, 0.3) is 0 Å². The number of hydrogen-bond donors (Lipinski definition) is 0. The predicted octanol–water partition coefficient (Wildman–Crippen LogP) is 4.82. The predicted molar refractivity (Wildman–Crippen MR) is 76.6 cm³/mol. The molecule has 0 radical (unpaired) electrons. The van der Waals surface area contributed by atoms with Crippen LogP contribution in [0.3, 0.4) is 0 Å². The van der Waals surface area contributed by atoms with Gasteiger partial charge in [0.2, 0.25) is 0 Å². The fourth-order valence-corrected chi connectivity index (χ4v) is 2.67. The van der Waals surface area contributed by atoms with Gasteiger partial charge in [0.15, 0.2) is 5.82 Å². The van der Waals surface area contributed by atoms with Gasteiger partial charge in [-0.3, -0.25) is 0 Å². The molecule has 0 unspecified atom stereocenters. The van der Waals surface area contributed by atoms with Crippen molar-refractivity contribution < 1.29 is 0 Å². The van der Waals surface area contributed by atoms with Crippen molar-refractivity contribution >= 4 is 38.9 Å². The average Bonchev–Trinajstić information content (AvgIpc) is 2.77. The van der Waals surface area contributed by atoms with Gasteiger partial charge >= 0.3 is 0 Å². The van der Waals surface area contributed by atoms with Crippen molar-refractivity contribution in [3.8, 4) is 11.4 Å². The maximum Gasteiger partial charge on any atom is 0.162 e. The van der Waals surface area contributed by atoms with E-state index in [0.717, 1.165) is 22.2 Å². The zero-order valence-corrected chi connectivity index (χ0v) is 12.7. The average molecular weight is 332 g/mol. The second-order valence-electron chi connectivity index (χ2n) is 4.21. The van der Waals surface area contributed by atoms with Gasteiger partial charge in [-0.25, -0.2) is 9.97 Å². The zero-order valence-electron chi connectivity index (χ0n) is 9.58. The molecule has 0 atom stereocenters. The third kappa shape index (κ3) is 3.06. The topological polar surface area (TPSA) is 25.8 Å². The van der Waals surface area contributed by atoms with Crippen LogP contribution in [0.25, 0.3) is 11.4 Å². The molecule has 2 heterocycles. The molecule has 0 spiro atoms. The molecule has 17 heavy (non-hydrogen) atoms. The minimum absolute atomic E-state index is 0.483. The van der Waals surface area contributed by atoms with Crippen molar-refractivity contribution in [2.24, 2.45) is 5.92 Å². The van der Waals surface area contributed by atoms with Crippen LogP contribution in [0, 0.1) is 5.92 Å². The van der Waals surface area contributed by atoms with E-state index >= 15 is 0 Å². The third-order valence-electron chi connectivity index (χ3n) is 2.26. The van der Waals surface area contributed by atoms with Crippen LogP contribution < -0.4 is 0 Å². The molecule has 2 nitrogen and oxygen atoms in total. The fourth-order valence-electron chi connectivity index (χ4n) is 1.51. The number of aromatic nitrogens is 2. The van der Waals surface area contributed by atoms with E-state index in [9.17, 15) is 0 Å². The molecule has 5 heteroatoms. The smallest absolute Gasteiger partial charge is 0.162 e. The van der Waals surface area contributed by atoms with E-state index in [0.29, 0.717) is 16.9 Å². The molecular formula is C12H12BrClN2S. The molecule has 0 bridgehead atoms. The summed E-state index contributed by atoms with van der Waals surface area (Å²) in [6, 6.07) is 2.00. The highest BCUT2D eigenvalue weighted by Gasteiger charge is 2.13. The molecular weight excluding hydrogens is 320 g/mol. The Labute approximate surface area is 118 Å². The van der Waals surface area contributed by atoms with Crippen LogP contribution in [0.5, 0.6) is 0 Å². The minimum Gasteiger partial charge on any atom is -0.232 e. The van der Waals surface area contributed by atoms with E-state index in [-0.39, 0.29) is 0 Å². The first-order valence-corrected chi connectivity index (χ1v) is 7.43. The highest BCUT2D eigenvalue weighted by molar-refractivity contribution is 9.10. The summed E-state index contributed by atoms with van der Waals surface area (Å²) in [4.78, 5) is 8.88. The summed E-state index contributed by atoms with van der Waals surface area (Å²) in [5.41, 5.74) is 2.00. The normalized spacial score (nSPS) is 11.1. The molecule has 90 valence electrons. The second-order valence-corrected chi connectivity index (χ2v) is 6.14. The highest BCUT2D eigenvalue weighted by Crippen LogP contribution is 2.29. The van der Waals surface area contributed by atoms with E-state index in [1.165, 1.54) is 0 Å². The van der Waals surface area contributed by atoms with Gasteiger partial charge in [-0.1, -0.05) is 25.4 Å². The second kappa shape index (κ2) is 5.46. The van der Waals surface area contributed by atoms with E-state index < -0.39 is 0 Å². The Balaban J connectivity index is 2.46. The van der Waals surface area contributed by atoms with E-state index in [4.69, 9.17) is 11.6 Å². The third-order valence-corrected chi connectivity index (χ3v) is 4.28. The van der Waals surface area contributed by atoms with Crippen molar-refractivity contribution in [3.05, 3.63) is 32.1 Å². The van der Waals surface area contributed by atoms with Gasteiger partial charge < -0.3 is 0 Å². The molecule has 2 rings (SSSR count). The molecule has 0 N–H and O–H groups in total. The Morgan fingerprint density at radius 1 is 1.41 bits per heavy atom. The maximum absolute atomic E-state index is 6.12. The Kier molecular flexibility index (Phi) is 4.17. The van der Waals surface area contributed by atoms with Gasteiger partial charge in [0, 0.05) is 10.9 Å². The van der Waals surface area contributed by atoms with Crippen molar-refractivity contribution in [2.75, 3.05) is 0 Å². The SMILES string of the molecule is CC(C)Cc1nc(-c2ccsc2)nc(Cl)c1Br. The lowest BCUT2D eigenvalue weighted by Gasteiger charge is -2.09. The minimum atomic E-state index is 0.483. The summed E-state index contributed by atoms with van der Waals surface area (Å²) >= 11 is 11.2. The largest absolute Gasteiger partial charge is 0.232 e. The van der Waals surface area contributed by atoms with Crippen LogP contribution in [0.2, 0.25) is 5.15 Å². The maximum atomic E-state index is 6.12. The Hall–Kier alpha value is -0.450. The van der Waals surface area contributed by atoms with Crippen LogP contribution >= 0.6 is 38.9 Å². The van der Waals surface area contributed by atoms with Crippen LogP contribution in [0.15, 0.2) is 21.3 Å². The Morgan fingerprint density at radius 3 is 2.76 bits per heavy atom. The van der Waals surface area contributed by atoms with Gasteiger partial charge in [-0.2, -0.15) is 11.3 Å².